The number of amides is 1. The van der Waals surface area contributed by atoms with Crippen LogP contribution < -0.4 is 5.73 Å². The van der Waals surface area contributed by atoms with Gasteiger partial charge in [-0.2, -0.15) is 0 Å². The van der Waals surface area contributed by atoms with Crippen molar-refractivity contribution in [1.29, 1.82) is 0 Å². The van der Waals surface area contributed by atoms with Crippen LogP contribution in [0.1, 0.15) is 37.7 Å². The number of benzene rings is 1. The number of carbonyl (C=O) groups excluding carboxylic acids is 1. The molecule has 3 heteroatoms. The van der Waals surface area contributed by atoms with Gasteiger partial charge in [-0.05, 0) is 50.1 Å². The van der Waals surface area contributed by atoms with Crippen LogP contribution in [0.4, 0.5) is 0 Å². The first kappa shape index (κ1) is 13.6. The zero-order chi connectivity index (χ0) is 14.0. The maximum absolute atomic E-state index is 12.8. The summed E-state index contributed by atoms with van der Waals surface area (Å²) < 4.78 is 0. The molecule has 0 bridgehead atoms. The average molecular weight is 272 g/mol. The Morgan fingerprint density at radius 2 is 1.85 bits per heavy atom. The molecule has 3 rings (SSSR count). The standard InChI is InChI=1S/C17H24N2O/c18-11-6-14-7-12-19(13-8-14)16(20)17(9-10-17)15-4-2-1-3-5-15/h1-5,14H,6-13,18H2. The van der Waals surface area contributed by atoms with E-state index in [2.05, 4.69) is 17.0 Å². The molecule has 3 nitrogen and oxygen atoms in total. The summed E-state index contributed by atoms with van der Waals surface area (Å²) in [6.45, 7) is 2.60. The Kier molecular flexibility index (Phi) is 3.79. The second-order valence-electron chi connectivity index (χ2n) is 6.26. The Balaban J connectivity index is 1.66. The SMILES string of the molecule is NCCC1CCN(C(=O)C2(c3ccccc3)CC2)CC1. The molecule has 0 atom stereocenters. The van der Waals surface area contributed by atoms with Gasteiger partial charge < -0.3 is 10.6 Å². The lowest BCUT2D eigenvalue weighted by molar-refractivity contribution is -0.135. The fraction of sp³-hybridized carbons (Fsp3) is 0.588. The third-order valence-corrected chi connectivity index (χ3v) is 4.96. The highest BCUT2D eigenvalue weighted by Gasteiger charge is 2.53. The van der Waals surface area contributed by atoms with Crippen LogP contribution in [0.3, 0.4) is 0 Å². The molecular formula is C17H24N2O. The molecule has 1 aromatic rings. The van der Waals surface area contributed by atoms with E-state index in [9.17, 15) is 4.79 Å². The smallest absolute Gasteiger partial charge is 0.233 e. The van der Waals surface area contributed by atoms with Gasteiger partial charge in [0.25, 0.3) is 0 Å². The van der Waals surface area contributed by atoms with Crippen molar-refractivity contribution in [2.45, 2.75) is 37.5 Å². The van der Waals surface area contributed by atoms with Gasteiger partial charge in [-0.3, -0.25) is 4.79 Å². The average Bonchev–Trinajstić information content (AvgIpc) is 3.30. The molecule has 1 saturated carbocycles. The van der Waals surface area contributed by atoms with Crippen LogP contribution in [0.5, 0.6) is 0 Å². The van der Waals surface area contributed by atoms with Crippen molar-refractivity contribution in [3.8, 4) is 0 Å². The molecule has 1 saturated heterocycles. The molecule has 2 fully saturated rings. The highest BCUT2D eigenvalue weighted by molar-refractivity contribution is 5.91. The molecule has 1 aliphatic carbocycles. The van der Waals surface area contributed by atoms with Crippen molar-refractivity contribution in [3.63, 3.8) is 0 Å². The first-order chi connectivity index (χ1) is 9.76. The van der Waals surface area contributed by atoms with Gasteiger partial charge in [0.1, 0.15) is 0 Å². The van der Waals surface area contributed by atoms with Crippen LogP contribution in [0.2, 0.25) is 0 Å². The minimum absolute atomic E-state index is 0.192. The first-order valence-electron chi connectivity index (χ1n) is 7.81. The normalized spacial score (nSPS) is 21.8. The van der Waals surface area contributed by atoms with Crippen LogP contribution in [-0.2, 0) is 10.2 Å². The molecule has 20 heavy (non-hydrogen) atoms. The number of likely N-dealkylation sites (tertiary alicyclic amines) is 1. The van der Waals surface area contributed by atoms with Crippen LogP contribution in [-0.4, -0.2) is 30.4 Å². The van der Waals surface area contributed by atoms with Crippen molar-refractivity contribution in [3.05, 3.63) is 35.9 Å². The van der Waals surface area contributed by atoms with Crippen molar-refractivity contribution in [1.82, 2.24) is 4.90 Å². The van der Waals surface area contributed by atoms with Gasteiger partial charge >= 0.3 is 0 Å². The summed E-state index contributed by atoms with van der Waals surface area (Å²) in [6, 6.07) is 10.3. The summed E-state index contributed by atoms with van der Waals surface area (Å²) in [7, 11) is 0. The molecule has 0 radical (unpaired) electrons. The zero-order valence-corrected chi connectivity index (χ0v) is 12.1. The third-order valence-electron chi connectivity index (χ3n) is 4.96. The predicted molar refractivity (Wildman–Crippen MR) is 80.3 cm³/mol. The van der Waals surface area contributed by atoms with Crippen molar-refractivity contribution in [2.75, 3.05) is 19.6 Å². The number of piperidine rings is 1. The van der Waals surface area contributed by atoms with Gasteiger partial charge in [-0.1, -0.05) is 30.3 Å². The highest BCUT2D eigenvalue weighted by Crippen LogP contribution is 2.49. The van der Waals surface area contributed by atoms with Gasteiger partial charge in [-0.25, -0.2) is 0 Å². The highest BCUT2D eigenvalue weighted by atomic mass is 16.2. The largest absolute Gasteiger partial charge is 0.342 e. The van der Waals surface area contributed by atoms with Gasteiger partial charge in [0.15, 0.2) is 0 Å². The number of hydrogen-bond acceptors (Lipinski definition) is 2. The monoisotopic (exact) mass is 272 g/mol. The fourth-order valence-electron chi connectivity index (χ4n) is 3.47. The molecule has 1 aromatic carbocycles. The molecule has 108 valence electrons. The van der Waals surface area contributed by atoms with Crippen LogP contribution in [0.25, 0.3) is 0 Å². The molecule has 1 aliphatic heterocycles. The van der Waals surface area contributed by atoms with Crippen molar-refractivity contribution >= 4 is 5.91 Å². The lowest BCUT2D eigenvalue weighted by atomic mass is 9.90. The predicted octanol–water partition coefficient (Wildman–Crippen LogP) is 2.31. The maximum Gasteiger partial charge on any atom is 0.233 e. The summed E-state index contributed by atoms with van der Waals surface area (Å²) in [4.78, 5) is 14.9. The second-order valence-corrected chi connectivity index (χ2v) is 6.26. The summed E-state index contributed by atoms with van der Waals surface area (Å²) in [6.07, 6.45) is 5.37. The lowest BCUT2D eigenvalue weighted by Crippen LogP contribution is -2.44. The van der Waals surface area contributed by atoms with Crippen molar-refractivity contribution < 1.29 is 4.79 Å². The van der Waals surface area contributed by atoms with E-state index < -0.39 is 0 Å². The molecular weight excluding hydrogens is 248 g/mol. The van der Waals surface area contributed by atoms with Crippen LogP contribution in [0, 0.1) is 5.92 Å². The van der Waals surface area contributed by atoms with Gasteiger partial charge in [0, 0.05) is 13.1 Å². The molecule has 1 amide bonds. The van der Waals surface area contributed by atoms with Gasteiger partial charge in [0.2, 0.25) is 5.91 Å². The first-order valence-corrected chi connectivity index (χ1v) is 7.81. The van der Waals surface area contributed by atoms with Gasteiger partial charge in [-0.15, -0.1) is 0 Å². The Hall–Kier alpha value is -1.35. The fourth-order valence-corrected chi connectivity index (χ4v) is 3.47. The Labute approximate surface area is 121 Å². The summed E-state index contributed by atoms with van der Waals surface area (Å²) in [5.74, 6) is 1.07. The molecule has 2 N–H and O–H groups in total. The summed E-state index contributed by atoms with van der Waals surface area (Å²) in [5.41, 5.74) is 6.64. The summed E-state index contributed by atoms with van der Waals surface area (Å²) >= 11 is 0. The number of carbonyl (C=O) groups is 1. The zero-order valence-electron chi connectivity index (χ0n) is 12.1. The van der Waals surface area contributed by atoms with E-state index in [0.717, 1.165) is 57.7 Å². The number of hydrogen-bond donors (Lipinski definition) is 1. The van der Waals surface area contributed by atoms with E-state index in [0.29, 0.717) is 5.91 Å². The molecule has 0 aromatic heterocycles. The third kappa shape index (κ3) is 2.47. The minimum atomic E-state index is -0.192. The van der Waals surface area contributed by atoms with E-state index in [1.807, 2.05) is 18.2 Å². The quantitative estimate of drug-likeness (QED) is 0.914. The number of nitrogens with zero attached hydrogens (tertiary/aromatic N) is 1. The van der Waals surface area contributed by atoms with Gasteiger partial charge in [0.05, 0.1) is 5.41 Å². The van der Waals surface area contributed by atoms with E-state index in [4.69, 9.17) is 5.73 Å². The number of rotatable bonds is 4. The van der Waals surface area contributed by atoms with E-state index >= 15 is 0 Å². The maximum atomic E-state index is 12.8. The molecule has 1 heterocycles. The molecule has 0 unspecified atom stereocenters. The van der Waals surface area contributed by atoms with E-state index in [1.54, 1.807) is 0 Å². The summed E-state index contributed by atoms with van der Waals surface area (Å²) in [5, 5.41) is 0. The van der Waals surface area contributed by atoms with E-state index in [1.165, 1.54) is 5.56 Å². The number of nitrogens with two attached hydrogens (primary N) is 1. The minimum Gasteiger partial charge on any atom is -0.342 e. The topological polar surface area (TPSA) is 46.3 Å². The second kappa shape index (κ2) is 5.57. The Morgan fingerprint density at radius 3 is 2.40 bits per heavy atom. The van der Waals surface area contributed by atoms with Crippen molar-refractivity contribution in [2.24, 2.45) is 11.7 Å². The molecule has 2 aliphatic rings. The van der Waals surface area contributed by atoms with E-state index in [-0.39, 0.29) is 5.41 Å². The Bertz CT molecular complexity index is 459. The lowest BCUT2D eigenvalue weighted by Gasteiger charge is -2.34. The van der Waals surface area contributed by atoms with Crippen LogP contribution >= 0.6 is 0 Å². The Morgan fingerprint density at radius 1 is 1.20 bits per heavy atom. The molecule has 0 spiro atoms. The van der Waals surface area contributed by atoms with Crippen LogP contribution in [0.15, 0.2) is 30.3 Å².